The van der Waals surface area contributed by atoms with Gasteiger partial charge in [0.05, 0.1) is 25.8 Å². The van der Waals surface area contributed by atoms with Gasteiger partial charge in [-0.05, 0) is 48.9 Å². The summed E-state index contributed by atoms with van der Waals surface area (Å²) in [4.78, 5) is 36.3. The van der Waals surface area contributed by atoms with Crippen molar-refractivity contribution in [3.63, 3.8) is 0 Å². The number of nitrogens with one attached hydrogen (secondary N) is 3. The van der Waals surface area contributed by atoms with Crippen molar-refractivity contribution in [2.75, 3.05) is 26.1 Å². The zero-order valence-corrected chi connectivity index (χ0v) is 17.7. The number of amides is 3. The second kappa shape index (κ2) is 9.82. The Morgan fingerprint density at radius 2 is 1.81 bits per heavy atom. The van der Waals surface area contributed by atoms with Crippen LogP contribution < -0.4 is 25.4 Å². The summed E-state index contributed by atoms with van der Waals surface area (Å²) in [7, 11) is 2.68. The molecule has 0 radical (unpaired) electrons. The van der Waals surface area contributed by atoms with Crippen LogP contribution in [0.15, 0.2) is 53.7 Å². The normalized spacial score (nSPS) is 15.4. The van der Waals surface area contributed by atoms with E-state index < -0.39 is 29.8 Å². The van der Waals surface area contributed by atoms with E-state index in [1.165, 1.54) is 38.5 Å². The number of methoxy groups -OCH3 is 2. The Kier molecular flexibility index (Phi) is 6.93. The third kappa shape index (κ3) is 5.15. The molecule has 1 heterocycles. The van der Waals surface area contributed by atoms with E-state index in [-0.39, 0.29) is 17.9 Å². The van der Waals surface area contributed by atoms with Crippen molar-refractivity contribution in [1.82, 2.24) is 10.6 Å². The first-order chi connectivity index (χ1) is 15.3. The quantitative estimate of drug-likeness (QED) is 0.567. The fourth-order valence-electron chi connectivity index (χ4n) is 3.18. The van der Waals surface area contributed by atoms with E-state index in [1.807, 2.05) is 0 Å². The molecule has 0 spiro atoms. The highest BCUT2D eigenvalue weighted by molar-refractivity contribution is 5.95. The second-order valence-electron chi connectivity index (χ2n) is 6.82. The minimum Gasteiger partial charge on any atom is -0.493 e. The minimum absolute atomic E-state index is 0.251. The second-order valence-corrected chi connectivity index (χ2v) is 6.82. The monoisotopic (exact) mass is 443 g/mol. The number of halogens is 1. The topological polar surface area (TPSA) is 115 Å². The highest BCUT2D eigenvalue weighted by Crippen LogP contribution is 2.34. The van der Waals surface area contributed by atoms with E-state index in [1.54, 1.807) is 25.1 Å². The lowest BCUT2D eigenvalue weighted by Crippen LogP contribution is -2.45. The van der Waals surface area contributed by atoms with Crippen LogP contribution in [0.3, 0.4) is 0 Å². The predicted octanol–water partition coefficient (Wildman–Crippen LogP) is 2.65. The molecule has 3 N–H and O–H groups in total. The lowest BCUT2D eigenvalue weighted by Gasteiger charge is -2.28. The van der Waals surface area contributed by atoms with Crippen molar-refractivity contribution in [3.05, 3.63) is 65.1 Å². The Labute approximate surface area is 183 Å². The van der Waals surface area contributed by atoms with Crippen LogP contribution in [-0.4, -0.2) is 38.7 Å². The van der Waals surface area contributed by atoms with Crippen LogP contribution >= 0.6 is 0 Å². The highest BCUT2D eigenvalue weighted by atomic mass is 19.1. The van der Waals surface area contributed by atoms with Crippen molar-refractivity contribution >= 4 is 23.6 Å². The van der Waals surface area contributed by atoms with Gasteiger partial charge in [0.25, 0.3) is 5.91 Å². The number of carbonyl (C=O) groups excluding carboxylic acids is 3. The molecule has 2 aromatic carbocycles. The Morgan fingerprint density at radius 1 is 1.09 bits per heavy atom. The van der Waals surface area contributed by atoms with Crippen molar-refractivity contribution < 1.29 is 33.0 Å². The lowest BCUT2D eigenvalue weighted by atomic mass is 9.95. The summed E-state index contributed by atoms with van der Waals surface area (Å²) in [5.74, 6) is -0.858. The Hall–Kier alpha value is -4.08. The third-order valence-corrected chi connectivity index (χ3v) is 4.68. The van der Waals surface area contributed by atoms with Gasteiger partial charge in [0, 0.05) is 11.4 Å². The summed E-state index contributed by atoms with van der Waals surface area (Å²) in [5.41, 5.74) is 1.62. The average Bonchev–Trinajstić information content (AvgIpc) is 2.78. The SMILES string of the molecule is COC(=O)C1=C(C)NC(=O)N[C@@H]1c1ccc(OCC(=O)Nc2ccc(F)cc2)c(OC)c1. The zero-order chi connectivity index (χ0) is 23.3. The summed E-state index contributed by atoms with van der Waals surface area (Å²) < 4.78 is 28.7. The number of urea groups is 1. The van der Waals surface area contributed by atoms with Gasteiger partial charge >= 0.3 is 12.0 Å². The molecule has 1 aliphatic rings. The fourth-order valence-corrected chi connectivity index (χ4v) is 3.18. The van der Waals surface area contributed by atoms with E-state index >= 15 is 0 Å². The van der Waals surface area contributed by atoms with Crippen molar-refractivity contribution in [1.29, 1.82) is 0 Å². The maximum atomic E-state index is 13.0. The van der Waals surface area contributed by atoms with Crippen LogP contribution in [0.2, 0.25) is 0 Å². The maximum absolute atomic E-state index is 13.0. The van der Waals surface area contributed by atoms with Crippen LogP contribution in [0.1, 0.15) is 18.5 Å². The standard InChI is InChI=1S/C22H22FN3O6/c1-12-19(21(28)31-3)20(26-22(29)24-12)13-4-9-16(17(10-13)30-2)32-11-18(27)25-15-7-5-14(23)6-8-15/h4-10,20H,11H2,1-3H3,(H,25,27)(H2,24,26,29)/t20-/m1/s1. The van der Waals surface area contributed by atoms with Gasteiger partial charge in [0.15, 0.2) is 18.1 Å². The summed E-state index contributed by atoms with van der Waals surface area (Å²) in [6.45, 7) is 1.29. The van der Waals surface area contributed by atoms with E-state index in [0.717, 1.165) is 0 Å². The molecule has 1 atom stereocenters. The van der Waals surface area contributed by atoms with Crippen molar-refractivity contribution in [3.8, 4) is 11.5 Å². The largest absolute Gasteiger partial charge is 0.493 e. The molecule has 0 fully saturated rings. The molecule has 9 nitrogen and oxygen atoms in total. The number of ether oxygens (including phenoxy) is 3. The first kappa shape index (κ1) is 22.6. The first-order valence-corrected chi connectivity index (χ1v) is 9.55. The van der Waals surface area contributed by atoms with Gasteiger partial charge < -0.3 is 30.2 Å². The zero-order valence-electron chi connectivity index (χ0n) is 17.7. The third-order valence-electron chi connectivity index (χ3n) is 4.68. The molecule has 2 aromatic rings. The number of anilines is 1. The predicted molar refractivity (Wildman–Crippen MR) is 113 cm³/mol. The van der Waals surface area contributed by atoms with Crippen molar-refractivity contribution in [2.24, 2.45) is 0 Å². The number of hydrogen-bond donors (Lipinski definition) is 3. The number of rotatable bonds is 7. The van der Waals surface area contributed by atoms with Crippen LogP contribution in [0.4, 0.5) is 14.9 Å². The Bertz CT molecular complexity index is 1070. The number of carbonyl (C=O) groups is 3. The van der Waals surface area contributed by atoms with Crippen LogP contribution in [0.25, 0.3) is 0 Å². The Morgan fingerprint density at radius 3 is 2.47 bits per heavy atom. The van der Waals surface area contributed by atoms with Gasteiger partial charge in [-0.2, -0.15) is 0 Å². The van der Waals surface area contributed by atoms with Gasteiger partial charge in [-0.3, -0.25) is 4.79 Å². The molecular weight excluding hydrogens is 421 g/mol. The van der Waals surface area contributed by atoms with Gasteiger partial charge in [0.2, 0.25) is 0 Å². The number of esters is 1. The molecule has 0 saturated carbocycles. The van der Waals surface area contributed by atoms with E-state index in [9.17, 15) is 18.8 Å². The summed E-state index contributed by atoms with van der Waals surface area (Å²) in [6, 6.07) is 8.92. The number of allylic oxidation sites excluding steroid dienone is 1. The van der Waals surface area contributed by atoms with Crippen LogP contribution in [0, 0.1) is 5.82 Å². The van der Waals surface area contributed by atoms with E-state index in [4.69, 9.17) is 14.2 Å². The Balaban J connectivity index is 1.76. The molecule has 10 heteroatoms. The molecule has 0 saturated heterocycles. The van der Waals surface area contributed by atoms with Gasteiger partial charge in [-0.25, -0.2) is 14.0 Å². The summed E-state index contributed by atoms with van der Waals surface area (Å²) in [5, 5.41) is 7.82. The molecule has 168 valence electrons. The number of benzene rings is 2. The number of hydrogen-bond acceptors (Lipinski definition) is 6. The molecule has 3 amide bonds. The lowest BCUT2D eigenvalue weighted by molar-refractivity contribution is -0.136. The van der Waals surface area contributed by atoms with E-state index in [2.05, 4.69) is 16.0 Å². The smallest absolute Gasteiger partial charge is 0.337 e. The fraction of sp³-hybridized carbons (Fsp3) is 0.227. The first-order valence-electron chi connectivity index (χ1n) is 9.55. The van der Waals surface area contributed by atoms with E-state index in [0.29, 0.717) is 22.7 Å². The summed E-state index contributed by atoms with van der Waals surface area (Å²) in [6.07, 6.45) is 0. The van der Waals surface area contributed by atoms with Gasteiger partial charge in [0.1, 0.15) is 5.82 Å². The van der Waals surface area contributed by atoms with Gasteiger partial charge in [-0.1, -0.05) is 6.07 Å². The highest BCUT2D eigenvalue weighted by Gasteiger charge is 2.32. The molecule has 0 bridgehead atoms. The molecule has 32 heavy (non-hydrogen) atoms. The minimum atomic E-state index is -0.763. The van der Waals surface area contributed by atoms with Gasteiger partial charge in [-0.15, -0.1) is 0 Å². The molecule has 0 aliphatic carbocycles. The molecule has 1 aliphatic heterocycles. The average molecular weight is 443 g/mol. The maximum Gasteiger partial charge on any atom is 0.337 e. The summed E-state index contributed by atoms with van der Waals surface area (Å²) >= 11 is 0. The van der Waals surface area contributed by atoms with Crippen LogP contribution in [-0.2, 0) is 14.3 Å². The van der Waals surface area contributed by atoms with Crippen LogP contribution in [0.5, 0.6) is 11.5 Å². The molecular formula is C22H22FN3O6. The molecule has 0 unspecified atom stereocenters. The van der Waals surface area contributed by atoms with Crippen molar-refractivity contribution in [2.45, 2.75) is 13.0 Å². The molecule has 3 rings (SSSR count). The molecule has 0 aromatic heterocycles.